The molecule has 3 N–H and O–H groups in total. The smallest absolute Gasteiger partial charge is 0.321 e. The number of carbonyl (C=O) groups is 2. The molecule has 0 heterocycles. The number of amides is 3. The number of phenols is 1. The predicted octanol–water partition coefficient (Wildman–Crippen LogP) is 10.7. The molecular formula is C38H52N2O5. The Morgan fingerprint density at radius 3 is 1.31 bits per heavy atom. The highest BCUT2D eigenvalue weighted by atomic mass is 16.5. The average Bonchev–Trinajstić information content (AvgIpc) is 3.05. The number of hydrogen-bond donors (Lipinski definition) is 3. The molecule has 0 atom stereocenters. The summed E-state index contributed by atoms with van der Waals surface area (Å²) in [6.07, 6.45) is 20.9. The first kappa shape index (κ1) is 35.5. The van der Waals surface area contributed by atoms with Crippen LogP contribution in [-0.2, 0) is 0 Å². The summed E-state index contributed by atoms with van der Waals surface area (Å²) >= 11 is 0. The summed E-state index contributed by atoms with van der Waals surface area (Å²) in [4.78, 5) is 24.6. The number of phenolic OH excluding ortho intramolecular Hbond substituents is 1. The topological polar surface area (TPSA) is 96.9 Å². The van der Waals surface area contributed by atoms with Crippen molar-refractivity contribution in [3.63, 3.8) is 0 Å². The summed E-state index contributed by atoms with van der Waals surface area (Å²) in [7, 11) is 0. The van der Waals surface area contributed by atoms with Crippen molar-refractivity contribution in [3.05, 3.63) is 78.4 Å². The van der Waals surface area contributed by atoms with Crippen molar-refractivity contribution >= 4 is 11.9 Å². The molecule has 0 fully saturated rings. The van der Waals surface area contributed by atoms with Crippen LogP contribution in [-0.4, -0.2) is 23.6 Å². The first-order valence-corrected chi connectivity index (χ1v) is 17.0. The fraction of sp³-hybridized carbons (Fsp3) is 0.474. The number of hydrogen-bond acceptors (Lipinski definition) is 5. The molecule has 0 bridgehead atoms. The van der Waals surface area contributed by atoms with E-state index >= 15 is 0 Å². The molecule has 7 nitrogen and oxygen atoms in total. The van der Waals surface area contributed by atoms with Crippen molar-refractivity contribution in [2.24, 2.45) is 0 Å². The lowest BCUT2D eigenvalue weighted by Gasteiger charge is -2.09. The fourth-order valence-corrected chi connectivity index (χ4v) is 5.13. The Kier molecular flexibility index (Phi) is 17.1. The molecule has 0 unspecified atom stereocenters. The second kappa shape index (κ2) is 21.7. The molecule has 0 spiro atoms. The molecule has 0 aliphatic carbocycles. The monoisotopic (exact) mass is 616 g/mol. The molecule has 3 rings (SSSR count). The molecule has 7 heteroatoms. The minimum absolute atomic E-state index is 0.179. The molecule has 3 amide bonds. The molecule has 45 heavy (non-hydrogen) atoms. The van der Waals surface area contributed by atoms with Gasteiger partial charge in [-0.2, -0.15) is 0 Å². The number of rotatable bonds is 22. The maximum absolute atomic E-state index is 12.5. The lowest BCUT2D eigenvalue weighted by Crippen LogP contribution is -2.39. The Hall–Kier alpha value is -4.00. The second-order valence-electron chi connectivity index (χ2n) is 11.7. The Morgan fingerprint density at radius 2 is 0.889 bits per heavy atom. The van der Waals surface area contributed by atoms with Crippen LogP contribution in [0.2, 0.25) is 0 Å². The number of unbranched alkanes of at least 4 members (excludes halogenated alkanes) is 15. The zero-order valence-electron chi connectivity index (χ0n) is 27.0. The minimum Gasteiger partial charge on any atom is -0.508 e. The van der Waals surface area contributed by atoms with Crippen LogP contribution in [0.25, 0.3) is 0 Å². The van der Waals surface area contributed by atoms with E-state index in [0.29, 0.717) is 35.1 Å². The number of urea groups is 1. The van der Waals surface area contributed by atoms with Gasteiger partial charge in [-0.15, -0.1) is 0 Å². The maximum atomic E-state index is 12.5. The molecule has 244 valence electrons. The summed E-state index contributed by atoms with van der Waals surface area (Å²) in [5.41, 5.74) is 0.373. The second-order valence-corrected chi connectivity index (χ2v) is 11.7. The van der Waals surface area contributed by atoms with E-state index in [1.54, 1.807) is 72.8 Å². The van der Waals surface area contributed by atoms with Gasteiger partial charge >= 0.3 is 6.03 Å². The Bertz CT molecular complexity index is 1230. The van der Waals surface area contributed by atoms with Gasteiger partial charge in [0, 0.05) is 12.1 Å². The van der Waals surface area contributed by atoms with E-state index in [9.17, 15) is 14.7 Å². The molecule has 0 saturated carbocycles. The molecule has 0 saturated heterocycles. The normalized spacial score (nSPS) is 10.8. The molecular weight excluding hydrogens is 564 g/mol. The number of carbonyl (C=O) groups excluding carboxylic acids is 2. The quantitative estimate of drug-likeness (QED) is 0.0976. The predicted molar refractivity (Wildman–Crippen MR) is 182 cm³/mol. The van der Waals surface area contributed by atoms with Gasteiger partial charge in [0.05, 0.1) is 0 Å². The van der Waals surface area contributed by atoms with E-state index in [-0.39, 0.29) is 5.75 Å². The van der Waals surface area contributed by atoms with E-state index in [1.807, 2.05) is 0 Å². The van der Waals surface area contributed by atoms with Gasteiger partial charge in [0.1, 0.15) is 28.7 Å². The van der Waals surface area contributed by atoms with E-state index in [4.69, 9.17) is 9.47 Å². The van der Waals surface area contributed by atoms with Gasteiger partial charge < -0.3 is 19.9 Å². The highest BCUT2D eigenvalue weighted by molar-refractivity contribution is 6.04. The van der Waals surface area contributed by atoms with Crippen LogP contribution in [0.3, 0.4) is 0 Å². The average molecular weight is 617 g/mol. The minimum atomic E-state index is -0.476. The third-order valence-corrected chi connectivity index (χ3v) is 7.79. The molecule has 0 aromatic heterocycles. The van der Waals surface area contributed by atoms with E-state index < -0.39 is 11.9 Å². The maximum Gasteiger partial charge on any atom is 0.321 e. The van der Waals surface area contributed by atoms with Crippen LogP contribution in [0, 0.1) is 0 Å². The molecule has 3 aromatic rings. The summed E-state index contributed by atoms with van der Waals surface area (Å²) in [6, 6.07) is 19.7. The van der Waals surface area contributed by atoms with Gasteiger partial charge in [-0.25, -0.2) is 4.79 Å². The Balaban J connectivity index is 1.19. The van der Waals surface area contributed by atoms with Gasteiger partial charge in [-0.1, -0.05) is 103 Å². The molecule has 0 aliphatic heterocycles. The number of nitrogens with one attached hydrogen (secondary N) is 2. The van der Waals surface area contributed by atoms with Gasteiger partial charge in [-0.05, 0) is 79.2 Å². The summed E-state index contributed by atoms with van der Waals surface area (Å²) in [6.45, 7) is 2.83. The van der Waals surface area contributed by atoms with Gasteiger partial charge in [-0.3, -0.25) is 10.1 Å². The molecule has 3 aromatic carbocycles. The lowest BCUT2D eigenvalue weighted by molar-refractivity contribution is 0.0964. The fourth-order valence-electron chi connectivity index (χ4n) is 5.13. The number of benzene rings is 3. The van der Waals surface area contributed by atoms with Crippen LogP contribution in [0.1, 0.15) is 120 Å². The molecule has 0 radical (unpaired) electrons. The standard InChI is InChI=1S/C38H52N2O5/c1-2-3-4-5-6-7-8-9-10-11-12-13-14-15-16-17-30-39-38(43)40-37(42)31-18-22-33(23-19-31)44-35-26-28-36(29-27-35)45-34-24-20-32(41)21-25-34/h18-29,41H,2-17,30H2,1H3,(H2,39,40,42,43). The highest BCUT2D eigenvalue weighted by Crippen LogP contribution is 2.27. The van der Waals surface area contributed by atoms with E-state index in [0.717, 1.165) is 12.8 Å². The van der Waals surface area contributed by atoms with Crippen LogP contribution in [0.15, 0.2) is 72.8 Å². The van der Waals surface area contributed by atoms with Gasteiger partial charge in [0.25, 0.3) is 5.91 Å². The number of imide groups is 1. The summed E-state index contributed by atoms with van der Waals surface area (Å²) in [5, 5.41) is 14.6. The number of aromatic hydroxyl groups is 1. The van der Waals surface area contributed by atoms with Gasteiger partial charge in [0.2, 0.25) is 0 Å². The van der Waals surface area contributed by atoms with Gasteiger partial charge in [0.15, 0.2) is 0 Å². The third-order valence-electron chi connectivity index (χ3n) is 7.79. The van der Waals surface area contributed by atoms with Crippen molar-refractivity contribution in [2.45, 2.75) is 110 Å². The summed E-state index contributed by atoms with van der Waals surface area (Å²) < 4.78 is 11.6. The Labute approximate surface area is 269 Å². The van der Waals surface area contributed by atoms with Crippen molar-refractivity contribution in [3.8, 4) is 28.7 Å². The van der Waals surface area contributed by atoms with Crippen molar-refractivity contribution in [2.75, 3.05) is 6.54 Å². The first-order valence-electron chi connectivity index (χ1n) is 17.0. The third kappa shape index (κ3) is 15.5. The van der Waals surface area contributed by atoms with Crippen LogP contribution in [0.4, 0.5) is 4.79 Å². The van der Waals surface area contributed by atoms with E-state index in [1.165, 1.54) is 89.9 Å². The van der Waals surface area contributed by atoms with Crippen LogP contribution < -0.4 is 20.1 Å². The zero-order chi connectivity index (χ0) is 32.0. The van der Waals surface area contributed by atoms with Crippen molar-refractivity contribution < 1.29 is 24.2 Å². The lowest BCUT2D eigenvalue weighted by atomic mass is 10.0. The zero-order valence-corrected chi connectivity index (χ0v) is 27.0. The van der Waals surface area contributed by atoms with Crippen LogP contribution in [0.5, 0.6) is 28.7 Å². The molecule has 0 aliphatic rings. The summed E-state index contributed by atoms with van der Waals surface area (Å²) in [5.74, 6) is 2.14. The van der Waals surface area contributed by atoms with Crippen LogP contribution >= 0.6 is 0 Å². The van der Waals surface area contributed by atoms with Crippen molar-refractivity contribution in [1.82, 2.24) is 10.6 Å². The number of ether oxygens (including phenoxy) is 2. The first-order chi connectivity index (χ1) is 22.0. The SMILES string of the molecule is CCCCCCCCCCCCCCCCCCNC(=O)NC(=O)c1ccc(Oc2ccc(Oc3ccc(O)cc3)cc2)cc1. The van der Waals surface area contributed by atoms with Crippen molar-refractivity contribution in [1.29, 1.82) is 0 Å². The largest absolute Gasteiger partial charge is 0.508 e. The van der Waals surface area contributed by atoms with E-state index in [2.05, 4.69) is 17.6 Å². The highest BCUT2D eigenvalue weighted by Gasteiger charge is 2.10. The Morgan fingerprint density at radius 1 is 0.533 bits per heavy atom.